The summed E-state index contributed by atoms with van der Waals surface area (Å²) in [6.07, 6.45) is 0. The molecular formula is C12H9BF2O4. The molecule has 2 aromatic carbocycles. The molecule has 0 atom stereocenters. The highest BCUT2D eigenvalue weighted by Crippen LogP contribution is 2.27. The summed E-state index contributed by atoms with van der Waals surface area (Å²) in [5.74, 6) is -1.33. The Hall–Kier alpha value is -2.12. The Morgan fingerprint density at radius 1 is 0.947 bits per heavy atom. The van der Waals surface area contributed by atoms with Gasteiger partial charge in [0.2, 0.25) is 0 Å². The highest BCUT2D eigenvalue weighted by atomic mass is 19.1. The SMILES string of the molecule is OB(O)Oc1ccc(Oc2cccc(F)c2)c(F)c1. The van der Waals surface area contributed by atoms with E-state index >= 15 is 0 Å². The lowest BCUT2D eigenvalue weighted by Gasteiger charge is -2.09. The van der Waals surface area contributed by atoms with Gasteiger partial charge in [-0.1, -0.05) is 6.07 Å². The van der Waals surface area contributed by atoms with E-state index in [1.165, 1.54) is 30.3 Å². The molecule has 0 aliphatic carbocycles. The first-order valence-corrected chi connectivity index (χ1v) is 5.30. The summed E-state index contributed by atoms with van der Waals surface area (Å²) in [5.41, 5.74) is 0. The molecule has 0 fully saturated rings. The van der Waals surface area contributed by atoms with Gasteiger partial charge in [0.1, 0.15) is 17.3 Å². The molecular weight excluding hydrogens is 257 g/mol. The predicted octanol–water partition coefficient (Wildman–Crippen LogP) is 2.11. The summed E-state index contributed by atoms with van der Waals surface area (Å²) in [6.45, 7) is 0. The molecule has 7 heteroatoms. The van der Waals surface area contributed by atoms with Crippen LogP contribution in [-0.2, 0) is 0 Å². The van der Waals surface area contributed by atoms with Crippen molar-refractivity contribution >= 4 is 7.32 Å². The van der Waals surface area contributed by atoms with Gasteiger partial charge >= 0.3 is 7.32 Å². The Labute approximate surface area is 108 Å². The first-order chi connectivity index (χ1) is 9.04. The van der Waals surface area contributed by atoms with Crippen molar-refractivity contribution in [2.24, 2.45) is 0 Å². The average Bonchev–Trinajstić information content (AvgIpc) is 2.32. The third-order valence-electron chi connectivity index (χ3n) is 2.17. The second kappa shape index (κ2) is 5.68. The van der Waals surface area contributed by atoms with Gasteiger partial charge in [0.05, 0.1) is 0 Å². The molecule has 4 nitrogen and oxygen atoms in total. The third kappa shape index (κ3) is 3.67. The maximum Gasteiger partial charge on any atom is 0.707 e. The third-order valence-corrected chi connectivity index (χ3v) is 2.17. The van der Waals surface area contributed by atoms with Crippen molar-refractivity contribution in [2.45, 2.75) is 0 Å². The zero-order valence-corrected chi connectivity index (χ0v) is 9.59. The van der Waals surface area contributed by atoms with Crippen LogP contribution in [0.4, 0.5) is 8.78 Å². The Morgan fingerprint density at radius 3 is 2.37 bits per heavy atom. The molecule has 0 saturated heterocycles. The van der Waals surface area contributed by atoms with Gasteiger partial charge in [0.15, 0.2) is 11.6 Å². The van der Waals surface area contributed by atoms with Crippen LogP contribution in [0.3, 0.4) is 0 Å². The first kappa shape index (κ1) is 13.3. The van der Waals surface area contributed by atoms with E-state index in [0.717, 1.165) is 12.1 Å². The molecule has 0 amide bonds. The van der Waals surface area contributed by atoms with Gasteiger partial charge in [-0.15, -0.1) is 0 Å². The van der Waals surface area contributed by atoms with Crippen LogP contribution in [-0.4, -0.2) is 17.4 Å². The van der Waals surface area contributed by atoms with Gasteiger partial charge in [-0.3, -0.25) is 0 Å². The van der Waals surface area contributed by atoms with E-state index in [4.69, 9.17) is 14.8 Å². The van der Waals surface area contributed by atoms with Crippen LogP contribution < -0.4 is 9.39 Å². The van der Waals surface area contributed by atoms with Crippen molar-refractivity contribution in [1.82, 2.24) is 0 Å². The monoisotopic (exact) mass is 266 g/mol. The first-order valence-electron chi connectivity index (χ1n) is 5.30. The van der Waals surface area contributed by atoms with E-state index in [2.05, 4.69) is 4.65 Å². The lowest BCUT2D eigenvalue weighted by molar-refractivity contribution is 0.287. The Balaban J connectivity index is 2.17. The van der Waals surface area contributed by atoms with E-state index < -0.39 is 19.0 Å². The number of rotatable bonds is 4. The molecule has 0 radical (unpaired) electrons. The van der Waals surface area contributed by atoms with E-state index in [1.54, 1.807) is 0 Å². The molecule has 0 heterocycles. The zero-order chi connectivity index (χ0) is 13.8. The summed E-state index contributed by atoms with van der Waals surface area (Å²) in [7, 11) is -2.03. The molecule has 0 unspecified atom stereocenters. The fourth-order valence-electron chi connectivity index (χ4n) is 1.42. The van der Waals surface area contributed by atoms with E-state index in [0.29, 0.717) is 0 Å². The Bertz CT molecular complexity index is 577. The number of ether oxygens (including phenoxy) is 1. The van der Waals surface area contributed by atoms with Crippen molar-refractivity contribution in [3.05, 3.63) is 54.1 Å². The molecule has 2 rings (SSSR count). The topological polar surface area (TPSA) is 58.9 Å². The second-order valence-electron chi connectivity index (χ2n) is 3.60. The maximum atomic E-state index is 13.6. The van der Waals surface area contributed by atoms with Gasteiger partial charge in [-0.25, -0.2) is 8.78 Å². The molecule has 2 aromatic rings. The fraction of sp³-hybridized carbons (Fsp3) is 0. The minimum atomic E-state index is -2.03. The average molecular weight is 266 g/mol. The van der Waals surface area contributed by atoms with Crippen molar-refractivity contribution in [3.63, 3.8) is 0 Å². The van der Waals surface area contributed by atoms with Gasteiger partial charge in [0.25, 0.3) is 0 Å². The normalized spacial score (nSPS) is 10.1. The molecule has 0 aromatic heterocycles. The smallest absolute Gasteiger partial charge is 0.512 e. The molecule has 0 aliphatic rings. The van der Waals surface area contributed by atoms with Crippen molar-refractivity contribution in [1.29, 1.82) is 0 Å². The summed E-state index contributed by atoms with van der Waals surface area (Å²) in [6, 6.07) is 8.71. The lowest BCUT2D eigenvalue weighted by Crippen LogP contribution is -2.20. The van der Waals surface area contributed by atoms with Gasteiger partial charge in [-0.05, 0) is 24.3 Å². The predicted molar refractivity (Wildman–Crippen MR) is 63.7 cm³/mol. The highest BCUT2D eigenvalue weighted by Gasteiger charge is 2.13. The minimum Gasteiger partial charge on any atom is -0.512 e. The summed E-state index contributed by atoms with van der Waals surface area (Å²) < 4.78 is 36.2. The Kier molecular flexibility index (Phi) is 3.98. The highest BCUT2D eigenvalue weighted by molar-refractivity contribution is 6.33. The van der Waals surface area contributed by atoms with Crippen molar-refractivity contribution < 1.29 is 28.2 Å². The Morgan fingerprint density at radius 2 is 1.74 bits per heavy atom. The molecule has 0 saturated carbocycles. The number of hydrogen-bond donors (Lipinski definition) is 2. The quantitative estimate of drug-likeness (QED) is 0.832. The largest absolute Gasteiger partial charge is 0.707 e. The van der Waals surface area contributed by atoms with Crippen LogP contribution >= 0.6 is 0 Å². The second-order valence-corrected chi connectivity index (χ2v) is 3.60. The molecule has 19 heavy (non-hydrogen) atoms. The van der Waals surface area contributed by atoms with Gasteiger partial charge in [-0.2, -0.15) is 0 Å². The van der Waals surface area contributed by atoms with Crippen LogP contribution in [0.15, 0.2) is 42.5 Å². The number of halogens is 2. The van der Waals surface area contributed by atoms with Crippen molar-refractivity contribution in [2.75, 3.05) is 0 Å². The fourth-order valence-corrected chi connectivity index (χ4v) is 1.42. The van der Waals surface area contributed by atoms with Crippen molar-refractivity contribution in [3.8, 4) is 17.2 Å². The number of benzene rings is 2. The molecule has 98 valence electrons. The summed E-state index contributed by atoms with van der Waals surface area (Å²) in [4.78, 5) is 0. The van der Waals surface area contributed by atoms with E-state index in [1.807, 2.05) is 0 Å². The zero-order valence-electron chi connectivity index (χ0n) is 9.59. The van der Waals surface area contributed by atoms with Crippen LogP contribution in [0.5, 0.6) is 17.2 Å². The molecule has 0 aliphatic heterocycles. The lowest BCUT2D eigenvalue weighted by atomic mass is 10.2. The van der Waals surface area contributed by atoms with Crippen LogP contribution in [0.1, 0.15) is 0 Å². The summed E-state index contributed by atoms with van der Waals surface area (Å²) >= 11 is 0. The standard InChI is InChI=1S/C12H9BF2O4/c14-8-2-1-3-9(6-8)18-12-5-4-10(7-11(12)15)19-13(16)17/h1-7,16-17H. The minimum absolute atomic E-state index is 0.0703. The molecule has 0 bridgehead atoms. The number of hydrogen-bond acceptors (Lipinski definition) is 4. The molecule has 2 N–H and O–H groups in total. The molecule has 0 spiro atoms. The van der Waals surface area contributed by atoms with Crippen LogP contribution in [0, 0.1) is 11.6 Å². The maximum absolute atomic E-state index is 13.6. The van der Waals surface area contributed by atoms with Crippen LogP contribution in [0.2, 0.25) is 0 Å². The van der Waals surface area contributed by atoms with Crippen LogP contribution in [0.25, 0.3) is 0 Å². The van der Waals surface area contributed by atoms with E-state index in [-0.39, 0.29) is 17.2 Å². The summed E-state index contributed by atoms with van der Waals surface area (Å²) in [5, 5.41) is 17.1. The van der Waals surface area contributed by atoms with Gasteiger partial charge in [0, 0.05) is 12.1 Å². The van der Waals surface area contributed by atoms with E-state index in [9.17, 15) is 8.78 Å². The van der Waals surface area contributed by atoms with Gasteiger partial charge < -0.3 is 19.4 Å².